The molecule has 1 unspecified atom stereocenters. The molecule has 0 radical (unpaired) electrons. The Kier molecular flexibility index (Phi) is 2.46. The minimum absolute atomic E-state index is 0.0619. The maximum Gasteiger partial charge on any atom is 0.326 e. The van der Waals surface area contributed by atoms with Crippen molar-refractivity contribution in [2.75, 3.05) is 11.9 Å². The first-order valence-corrected chi connectivity index (χ1v) is 6.88. The van der Waals surface area contributed by atoms with E-state index in [1.54, 1.807) is 42.5 Å². The Balaban J connectivity index is 2.02. The fraction of sp³-hybridized carbons (Fsp3) is 0.176. The molecule has 0 saturated heterocycles. The summed E-state index contributed by atoms with van der Waals surface area (Å²) in [5.74, 6) is -3.45. The van der Waals surface area contributed by atoms with Gasteiger partial charge < -0.3 is 14.4 Å². The van der Waals surface area contributed by atoms with Gasteiger partial charge in [-0.2, -0.15) is 8.78 Å². The maximum atomic E-state index is 15.0. The van der Waals surface area contributed by atoms with Gasteiger partial charge in [0, 0.05) is 23.7 Å². The highest BCUT2D eigenvalue weighted by Gasteiger charge is 2.65. The molecular formula is C17H13F2NO2. The number of fused-ring (bicyclic) bond motifs is 2. The zero-order valence-electron chi connectivity index (χ0n) is 11.8. The van der Waals surface area contributed by atoms with Gasteiger partial charge in [0.05, 0.1) is 5.56 Å². The monoisotopic (exact) mass is 301 g/mol. The smallest absolute Gasteiger partial charge is 0.326 e. The van der Waals surface area contributed by atoms with Crippen molar-refractivity contribution in [3.63, 3.8) is 0 Å². The summed E-state index contributed by atoms with van der Waals surface area (Å²) < 4.78 is 35.3. The van der Waals surface area contributed by atoms with Gasteiger partial charge in [-0.05, 0) is 12.1 Å². The van der Waals surface area contributed by atoms with Crippen LogP contribution in [0.2, 0.25) is 0 Å². The summed E-state index contributed by atoms with van der Waals surface area (Å²) in [4.78, 5) is 1.21. The van der Waals surface area contributed by atoms with Crippen LogP contribution in [0, 0.1) is 0 Å². The van der Waals surface area contributed by atoms with Crippen LogP contribution in [-0.4, -0.2) is 12.2 Å². The summed E-state index contributed by atoms with van der Waals surface area (Å²) in [6.45, 7) is 0. The normalized spacial score (nSPS) is 23.0. The molecule has 0 spiro atoms. The molecule has 3 nitrogen and oxygen atoms in total. The largest absolute Gasteiger partial charge is 0.464 e. The van der Waals surface area contributed by atoms with E-state index in [0.717, 1.165) is 0 Å². The van der Waals surface area contributed by atoms with Crippen LogP contribution >= 0.6 is 0 Å². The first kappa shape index (κ1) is 13.3. The van der Waals surface area contributed by atoms with Gasteiger partial charge in [0.1, 0.15) is 11.8 Å². The summed E-state index contributed by atoms with van der Waals surface area (Å²) in [5, 5.41) is 11.5. The van der Waals surface area contributed by atoms with E-state index < -0.39 is 11.6 Å². The van der Waals surface area contributed by atoms with Crippen LogP contribution in [0.4, 0.5) is 14.5 Å². The van der Waals surface area contributed by atoms with Gasteiger partial charge in [-0.25, -0.2) is 0 Å². The van der Waals surface area contributed by atoms with E-state index in [-0.39, 0.29) is 11.1 Å². The van der Waals surface area contributed by atoms with Crippen molar-refractivity contribution in [2.24, 2.45) is 0 Å². The molecule has 0 saturated carbocycles. The van der Waals surface area contributed by atoms with Crippen LogP contribution in [0.1, 0.15) is 11.1 Å². The standard InChI is InChI=1S/C17H13F2NO2/c1-20-14-8-4-3-7-12(14)16(18,19)17(20,21)13-10-22-15-9-5-2-6-11(13)15/h2-10,21H,1H3. The molecular weight excluding hydrogens is 288 g/mol. The summed E-state index contributed by atoms with van der Waals surface area (Å²) in [5.41, 5.74) is -1.84. The highest BCUT2D eigenvalue weighted by Crippen LogP contribution is 2.57. The Bertz CT molecular complexity index is 874. The predicted octanol–water partition coefficient (Wildman–Crippen LogP) is 3.82. The summed E-state index contributed by atoms with van der Waals surface area (Å²) >= 11 is 0. The van der Waals surface area contributed by atoms with Gasteiger partial charge in [-0.1, -0.05) is 36.4 Å². The third-order valence-corrected chi connectivity index (χ3v) is 4.38. The lowest BCUT2D eigenvalue weighted by Gasteiger charge is -2.35. The molecule has 22 heavy (non-hydrogen) atoms. The van der Waals surface area contributed by atoms with Crippen LogP contribution in [-0.2, 0) is 11.6 Å². The first-order valence-electron chi connectivity index (χ1n) is 6.88. The Morgan fingerprint density at radius 2 is 1.68 bits per heavy atom. The zero-order chi connectivity index (χ0) is 15.5. The lowest BCUT2D eigenvalue weighted by molar-refractivity contribution is -0.182. The van der Waals surface area contributed by atoms with E-state index in [1.165, 1.54) is 24.3 Å². The summed E-state index contributed by atoms with van der Waals surface area (Å²) in [6.07, 6.45) is 1.21. The van der Waals surface area contributed by atoms with Crippen LogP contribution < -0.4 is 4.90 Å². The minimum atomic E-state index is -3.45. The van der Waals surface area contributed by atoms with Gasteiger partial charge in [-0.3, -0.25) is 0 Å². The molecule has 5 heteroatoms. The average molecular weight is 301 g/mol. The number of hydrogen-bond acceptors (Lipinski definition) is 3. The Hall–Kier alpha value is -2.40. The quantitative estimate of drug-likeness (QED) is 0.742. The number of halogens is 2. The number of nitrogens with zero attached hydrogens (tertiary/aromatic N) is 1. The van der Waals surface area contributed by atoms with Crippen LogP contribution in [0.3, 0.4) is 0 Å². The van der Waals surface area contributed by atoms with Crippen LogP contribution in [0.15, 0.2) is 59.2 Å². The van der Waals surface area contributed by atoms with E-state index in [2.05, 4.69) is 0 Å². The van der Waals surface area contributed by atoms with Crippen LogP contribution in [0.25, 0.3) is 11.0 Å². The second kappa shape index (κ2) is 4.08. The number of benzene rings is 2. The van der Waals surface area contributed by atoms with Crippen molar-refractivity contribution in [3.05, 3.63) is 65.9 Å². The van der Waals surface area contributed by atoms with Gasteiger partial charge in [0.25, 0.3) is 0 Å². The third-order valence-electron chi connectivity index (χ3n) is 4.38. The van der Waals surface area contributed by atoms with E-state index in [4.69, 9.17) is 4.42 Å². The number of para-hydroxylation sites is 2. The molecule has 1 aliphatic heterocycles. The predicted molar refractivity (Wildman–Crippen MR) is 78.8 cm³/mol. The molecule has 0 aliphatic carbocycles. The summed E-state index contributed by atoms with van der Waals surface area (Å²) in [7, 11) is 1.46. The van der Waals surface area contributed by atoms with E-state index in [9.17, 15) is 13.9 Å². The molecule has 4 rings (SSSR count). The SMILES string of the molecule is CN1c2ccccc2C(F)(F)C1(O)c1coc2ccccc12. The number of hydrogen-bond donors (Lipinski definition) is 1. The second-order valence-corrected chi connectivity index (χ2v) is 5.47. The molecule has 0 bridgehead atoms. The lowest BCUT2D eigenvalue weighted by atomic mass is 9.94. The van der Waals surface area contributed by atoms with Crippen molar-refractivity contribution >= 4 is 16.7 Å². The number of aliphatic hydroxyl groups is 1. The van der Waals surface area contributed by atoms with Crippen molar-refractivity contribution in [2.45, 2.75) is 11.6 Å². The van der Waals surface area contributed by atoms with Crippen molar-refractivity contribution < 1.29 is 18.3 Å². The summed E-state index contributed by atoms with van der Waals surface area (Å²) in [6, 6.07) is 13.0. The molecule has 2 heterocycles. The zero-order valence-corrected chi connectivity index (χ0v) is 11.8. The highest BCUT2D eigenvalue weighted by molar-refractivity contribution is 5.83. The molecule has 2 aromatic carbocycles. The van der Waals surface area contributed by atoms with Gasteiger partial charge in [0.2, 0.25) is 5.72 Å². The fourth-order valence-electron chi connectivity index (χ4n) is 3.20. The molecule has 1 aromatic heterocycles. The maximum absolute atomic E-state index is 15.0. The van der Waals surface area contributed by atoms with Gasteiger partial charge >= 0.3 is 5.92 Å². The molecule has 1 atom stereocenters. The van der Waals surface area contributed by atoms with E-state index in [0.29, 0.717) is 16.7 Å². The topological polar surface area (TPSA) is 36.6 Å². The highest BCUT2D eigenvalue weighted by atomic mass is 19.3. The third kappa shape index (κ3) is 1.37. The Morgan fingerprint density at radius 1 is 1.00 bits per heavy atom. The molecule has 112 valence electrons. The van der Waals surface area contributed by atoms with Crippen molar-refractivity contribution in [1.82, 2.24) is 0 Å². The van der Waals surface area contributed by atoms with E-state index in [1.807, 2.05) is 0 Å². The molecule has 1 aliphatic rings. The Morgan fingerprint density at radius 3 is 2.45 bits per heavy atom. The molecule has 3 aromatic rings. The molecule has 0 fully saturated rings. The number of alkyl halides is 2. The second-order valence-electron chi connectivity index (χ2n) is 5.47. The fourth-order valence-corrected chi connectivity index (χ4v) is 3.20. The lowest BCUT2D eigenvalue weighted by Crippen LogP contribution is -2.50. The number of likely N-dealkylation sites (N-methyl/N-ethyl adjacent to an activating group) is 1. The van der Waals surface area contributed by atoms with Crippen molar-refractivity contribution in [1.29, 1.82) is 0 Å². The van der Waals surface area contributed by atoms with Gasteiger partial charge in [-0.15, -0.1) is 0 Å². The minimum Gasteiger partial charge on any atom is -0.464 e. The van der Waals surface area contributed by atoms with Crippen LogP contribution in [0.5, 0.6) is 0 Å². The first-order chi connectivity index (χ1) is 10.5. The molecule has 0 amide bonds. The number of anilines is 1. The molecule has 1 N–H and O–H groups in total. The Labute approximate surface area is 125 Å². The van der Waals surface area contributed by atoms with Gasteiger partial charge in [0.15, 0.2) is 0 Å². The van der Waals surface area contributed by atoms with E-state index >= 15 is 0 Å². The average Bonchev–Trinajstić information content (AvgIpc) is 3.02. The number of rotatable bonds is 1. The number of furan rings is 1. The van der Waals surface area contributed by atoms with Crippen molar-refractivity contribution in [3.8, 4) is 0 Å².